The maximum atomic E-state index is 12.9. The van der Waals surface area contributed by atoms with Crippen LogP contribution in [0.2, 0.25) is 0 Å². The first-order valence-corrected chi connectivity index (χ1v) is 8.55. The number of aryl methyl sites for hydroxylation is 1. The lowest BCUT2D eigenvalue weighted by Gasteiger charge is -2.04. The highest BCUT2D eigenvalue weighted by atomic mass is 16.5. The summed E-state index contributed by atoms with van der Waals surface area (Å²) in [6.07, 6.45) is 3.32. The Morgan fingerprint density at radius 3 is 2.78 bits per heavy atom. The highest BCUT2D eigenvalue weighted by Gasteiger charge is 2.12. The molecule has 0 aliphatic carbocycles. The molecule has 0 aliphatic rings. The molecule has 2 aromatic heterocycles. The van der Waals surface area contributed by atoms with Gasteiger partial charge in [-0.1, -0.05) is 30.9 Å². The van der Waals surface area contributed by atoms with E-state index < -0.39 is 0 Å². The molecule has 0 spiro atoms. The normalized spacial score (nSPS) is 11.4. The Bertz CT molecular complexity index is 1220. The fourth-order valence-electron chi connectivity index (χ4n) is 2.93. The Hall–Kier alpha value is -3.67. The van der Waals surface area contributed by atoms with E-state index in [1.165, 1.54) is 4.68 Å². The molecule has 134 valence electrons. The van der Waals surface area contributed by atoms with Crippen molar-refractivity contribution in [2.24, 2.45) is 5.10 Å². The van der Waals surface area contributed by atoms with Gasteiger partial charge in [-0.25, -0.2) is 4.98 Å². The van der Waals surface area contributed by atoms with Gasteiger partial charge in [-0.2, -0.15) is 9.78 Å². The van der Waals surface area contributed by atoms with Crippen molar-refractivity contribution in [2.75, 3.05) is 6.61 Å². The van der Waals surface area contributed by atoms with E-state index in [4.69, 9.17) is 4.74 Å². The van der Waals surface area contributed by atoms with Gasteiger partial charge in [-0.15, -0.1) is 0 Å². The second-order valence-electron chi connectivity index (χ2n) is 6.08. The Balaban J connectivity index is 1.71. The molecule has 0 atom stereocenters. The predicted molar refractivity (Wildman–Crippen MR) is 108 cm³/mol. The number of nitrogens with one attached hydrogen (secondary N) is 1. The zero-order valence-electron chi connectivity index (χ0n) is 14.8. The van der Waals surface area contributed by atoms with E-state index in [1.54, 1.807) is 19.2 Å². The van der Waals surface area contributed by atoms with Crippen molar-refractivity contribution in [3.05, 3.63) is 82.9 Å². The van der Waals surface area contributed by atoms with Gasteiger partial charge in [0, 0.05) is 10.9 Å². The van der Waals surface area contributed by atoms with Crippen LogP contribution in [0.5, 0.6) is 5.75 Å². The van der Waals surface area contributed by atoms with Crippen molar-refractivity contribution in [3.63, 3.8) is 0 Å². The zero-order valence-corrected chi connectivity index (χ0v) is 14.8. The van der Waals surface area contributed by atoms with Gasteiger partial charge in [0.05, 0.1) is 6.21 Å². The Morgan fingerprint density at radius 2 is 2.00 bits per heavy atom. The van der Waals surface area contributed by atoms with Gasteiger partial charge >= 0.3 is 0 Å². The molecular weight excluding hydrogens is 340 g/mol. The molecule has 6 heteroatoms. The number of nitrogens with zero attached hydrogens (tertiary/aromatic N) is 3. The summed E-state index contributed by atoms with van der Waals surface area (Å²) in [5.41, 5.74) is 2.63. The summed E-state index contributed by atoms with van der Waals surface area (Å²) in [5, 5.41) is 5.26. The fourth-order valence-corrected chi connectivity index (χ4v) is 2.93. The van der Waals surface area contributed by atoms with Crippen molar-refractivity contribution >= 4 is 28.2 Å². The van der Waals surface area contributed by atoms with Crippen LogP contribution in [-0.4, -0.2) is 27.5 Å². The first kappa shape index (κ1) is 16.8. The molecule has 0 radical (unpaired) electrons. The topological polar surface area (TPSA) is 72.3 Å². The second-order valence-corrected chi connectivity index (χ2v) is 6.08. The van der Waals surface area contributed by atoms with Gasteiger partial charge in [-0.3, -0.25) is 4.79 Å². The summed E-state index contributed by atoms with van der Waals surface area (Å²) in [6.45, 7) is 5.85. The summed E-state index contributed by atoms with van der Waals surface area (Å²) in [7, 11) is 0. The van der Waals surface area contributed by atoms with Gasteiger partial charge in [0.2, 0.25) is 0 Å². The maximum Gasteiger partial charge on any atom is 0.298 e. The number of benzene rings is 2. The van der Waals surface area contributed by atoms with E-state index in [-0.39, 0.29) is 5.56 Å². The Morgan fingerprint density at radius 1 is 1.22 bits per heavy atom. The number of aromatic amines is 1. The van der Waals surface area contributed by atoms with Gasteiger partial charge < -0.3 is 9.72 Å². The van der Waals surface area contributed by atoms with E-state index in [0.717, 1.165) is 22.2 Å². The summed E-state index contributed by atoms with van der Waals surface area (Å²) < 4.78 is 6.76. The molecule has 0 bridgehead atoms. The van der Waals surface area contributed by atoms with Crippen molar-refractivity contribution in [1.82, 2.24) is 14.6 Å². The molecule has 4 aromatic rings. The van der Waals surface area contributed by atoms with Crippen molar-refractivity contribution in [1.29, 1.82) is 0 Å². The quantitative estimate of drug-likeness (QED) is 0.437. The largest absolute Gasteiger partial charge is 0.490 e. The minimum Gasteiger partial charge on any atom is -0.490 e. The van der Waals surface area contributed by atoms with E-state index in [1.807, 2.05) is 48.5 Å². The number of fused-ring (bicyclic) bond motifs is 3. The lowest BCUT2D eigenvalue weighted by molar-refractivity contribution is 0.363. The van der Waals surface area contributed by atoms with Crippen LogP contribution in [0.1, 0.15) is 11.4 Å². The third-order valence-corrected chi connectivity index (χ3v) is 4.24. The SMILES string of the molecule is C=CCOc1ccc(/C=N\n2c(C)nc3c([nH]c4ccccc43)c2=O)cc1. The minimum atomic E-state index is -0.226. The molecule has 27 heavy (non-hydrogen) atoms. The van der Waals surface area contributed by atoms with Crippen LogP contribution >= 0.6 is 0 Å². The summed E-state index contributed by atoms with van der Waals surface area (Å²) in [6, 6.07) is 15.2. The van der Waals surface area contributed by atoms with Gasteiger partial charge in [0.25, 0.3) is 5.56 Å². The molecule has 1 N–H and O–H groups in total. The van der Waals surface area contributed by atoms with E-state index in [9.17, 15) is 4.79 Å². The van der Waals surface area contributed by atoms with Crippen LogP contribution in [0, 0.1) is 6.92 Å². The molecular formula is C21H18N4O2. The number of hydrogen-bond donors (Lipinski definition) is 1. The highest BCUT2D eigenvalue weighted by molar-refractivity contribution is 6.04. The van der Waals surface area contributed by atoms with E-state index >= 15 is 0 Å². The second kappa shape index (κ2) is 6.92. The average Bonchev–Trinajstić information content (AvgIpc) is 3.06. The summed E-state index contributed by atoms with van der Waals surface area (Å²) in [4.78, 5) is 20.6. The Kier molecular flexibility index (Phi) is 4.30. The summed E-state index contributed by atoms with van der Waals surface area (Å²) in [5.74, 6) is 1.28. The molecule has 0 saturated carbocycles. The number of ether oxygens (including phenoxy) is 1. The van der Waals surface area contributed by atoms with Crippen LogP contribution < -0.4 is 10.3 Å². The number of aromatic nitrogens is 3. The van der Waals surface area contributed by atoms with Crippen LogP contribution in [0.4, 0.5) is 0 Å². The maximum absolute atomic E-state index is 12.9. The number of hydrogen-bond acceptors (Lipinski definition) is 4. The minimum absolute atomic E-state index is 0.226. The zero-order chi connectivity index (χ0) is 18.8. The number of para-hydroxylation sites is 1. The van der Waals surface area contributed by atoms with Gasteiger partial charge in [0.15, 0.2) is 0 Å². The lowest BCUT2D eigenvalue weighted by Crippen LogP contribution is -2.20. The van der Waals surface area contributed by atoms with Crippen LogP contribution in [0.3, 0.4) is 0 Å². The average molecular weight is 358 g/mol. The predicted octanol–water partition coefficient (Wildman–Crippen LogP) is 3.63. The molecule has 2 aromatic carbocycles. The standard InChI is InChI=1S/C21H18N4O2/c1-3-12-27-16-10-8-15(9-11-16)13-22-25-14(2)23-19-17-6-4-5-7-18(17)24-20(19)21(25)26/h3-11,13,24H,1,12H2,2H3/b22-13-. The smallest absolute Gasteiger partial charge is 0.298 e. The molecule has 6 nitrogen and oxygen atoms in total. The monoisotopic (exact) mass is 358 g/mol. The van der Waals surface area contributed by atoms with Crippen LogP contribution in [0.15, 0.2) is 71.1 Å². The fraction of sp³-hybridized carbons (Fsp3) is 0.0952. The number of H-pyrrole nitrogens is 1. The van der Waals surface area contributed by atoms with E-state index in [0.29, 0.717) is 23.5 Å². The van der Waals surface area contributed by atoms with Crippen molar-refractivity contribution in [3.8, 4) is 5.75 Å². The van der Waals surface area contributed by atoms with Crippen LogP contribution in [0.25, 0.3) is 21.9 Å². The van der Waals surface area contributed by atoms with Gasteiger partial charge in [0.1, 0.15) is 29.2 Å². The summed E-state index contributed by atoms with van der Waals surface area (Å²) >= 11 is 0. The first-order chi connectivity index (χ1) is 13.2. The highest BCUT2D eigenvalue weighted by Crippen LogP contribution is 2.21. The molecule has 4 rings (SSSR count). The molecule has 0 amide bonds. The first-order valence-electron chi connectivity index (χ1n) is 8.55. The third kappa shape index (κ3) is 3.13. The third-order valence-electron chi connectivity index (χ3n) is 4.24. The molecule has 0 aliphatic heterocycles. The lowest BCUT2D eigenvalue weighted by atomic mass is 10.2. The molecule has 0 unspecified atom stereocenters. The molecule has 2 heterocycles. The van der Waals surface area contributed by atoms with Gasteiger partial charge in [-0.05, 0) is 42.8 Å². The van der Waals surface area contributed by atoms with Crippen LogP contribution in [-0.2, 0) is 0 Å². The van der Waals surface area contributed by atoms with E-state index in [2.05, 4.69) is 21.6 Å². The number of rotatable bonds is 5. The van der Waals surface area contributed by atoms with Crippen molar-refractivity contribution < 1.29 is 4.74 Å². The van der Waals surface area contributed by atoms with Crippen molar-refractivity contribution in [2.45, 2.75) is 6.92 Å². The Labute approximate surface area is 155 Å². The molecule has 0 saturated heterocycles. The molecule has 0 fully saturated rings.